The average molecular weight is 210 g/mol. The summed E-state index contributed by atoms with van der Waals surface area (Å²) in [6.45, 7) is 0.377. The van der Waals surface area contributed by atoms with E-state index in [9.17, 15) is 0 Å². The third-order valence-corrected chi connectivity index (χ3v) is 1.94. The minimum atomic E-state index is 0.377. The second-order valence-corrected chi connectivity index (χ2v) is 3.16. The van der Waals surface area contributed by atoms with Crippen LogP contribution in [0.5, 0.6) is 5.75 Å². The van der Waals surface area contributed by atoms with Gasteiger partial charge in [-0.25, -0.2) is 0 Å². The Morgan fingerprint density at radius 1 is 1.21 bits per heavy atom. The Morgan fingerprint density at radius 2 is 2.00 bits per heavy atom. The number of aromatic nitrogens is 1. The molecule has 0 saturated carbocycles. The SMILES string of the molecule is Clc1ccc(OCc2ccno2)cc1. The van der Waals surface area contributed by atoms with Gasteiger partial charge in [0.25, 0.3) is 0 Å². The van der Waals surface area contributed by atoms with Crippen LogP contribution in [0.4, 0.5) is 0 Å². The van der Waals surface area contributed by atoms with E-state index in [4.69, 9.17) is 20.9 Å². The summed E-state index contributed by atoms with van der Waals surface area (Å²) in [4.78, 5) is 0. The Kier molecular flexibility index (Phi) is 2.70. The van der Waals surface area contributed by atoms with Crippen molar-refractivity contribution in [3.05, 3.63) is 47.3 Å². The maximum Gasteiger partial charge on any atom is 0.174 e. The Hall–Kier alpha value is -1.48. The first-order valence-electron chi connectivity index (χ1n) is 4.12. The highest BCUT2D eigenvalue weighted by atomic mass is 35.5. The van der Waals surface area contributed by atoms with Crippen molar-refractivity contribution in [3.63, 3.8) is 0 Å². The lowest BCUT2D eigenvalue weighted by Gasteiger charge is -2.02. The second kappa shape index (κ2) is 4.15. The normalized spacial score (nSPS) is 10.1. The van der Waals surface area contributed by atoms with E-state index >= 15 is 0 Å². The smallest absolute Gasteiger partial charge is 0.174 e. The van der Waals surface area contributed by atoms with Crippen molar-refractivity contribution in [2.24, 2.45) is 0 Å². The average Bonchev–Trinajstić information content (AvgIpc) is 2.70. The van der Waals surface area contributed by atoms with Gasteiger partial charge in [-0.1, -0.05) is 16.8 Å². The second-order valence-electron chi connectivity index (χ2n) is 2.72. The van der Waals surface area contributed by atoms with Crippen LogP contribution in [-0.2, 0) is 6.61 Å². The first-order chi connectivity index (χ1) is 6.84. The summed E-state index contributed by atoms with van der Waals surface area (Å²) in [5.74, 6) is 1.45. The molecule has 2 aromatic rings. The monoisotopic (exact) mass is 209 g/mol. The van der Waals surface area contributed by atoms with Gasteiger partial charge in [-0.3, -0.25) is 0 Å². The number of halogens is 1. The minimum Gasteiger partial charge on any atom is -0.486 e. The molecule has 14 heavy (non-hydrogen) atoms. The van der Waals surface area contributed by atoms with Crippen LogP contribution in [0.3, 0.4) is 0 Å². The maximum atomic E-state index is 5.73. The van der Waals surface area contributed by atoms with Crippen LogP contribution in [0, 0.1) is 0 Å². The molecular formula is C10H8ClNO2. The van der Waals surface area contributed by atoms with E-state index in [1.165, 1.54) is 0 Å². The molecule has 0 aliphatic carbocycles. The van der Waals surface area contributed by atoms with Gasteiger partial charge in [-0.05, 0) is 24.3 Å². The molecule has 4 heteroatoms. The molecule has 0 unspecified atom stereocenters. The molecule has 0 N–H and O–H groups in total. The van der Waals surface area contributed by atoms with E-state index in [2.05, 4.69) is 5.16 Å². The Bertz CT molecular complexity index is 383. The largest absolute Gasteiger partial charge is 0.486 e. The Morgan fingerprint density at radius 3 is 2.64 bits per heavy atom. The highest BCUT2D eigenvalue weighted by Crippen LogP contribution is 2.16. The molecule has 0 amide bonds. The predicted octanol–water partition coefficient (Wildman–Crippen LogP) is 2.91. The molecule has 3 nitrogen and oxygen atoms in total. The standard InChI is InChI=1S/C10H8ClNO2/c11-8-1-3-9(4-2-8)13-7-10-5-6-12-14-10/h1-6H,7H2. The van der Waals surface area contributed by atoms with Crippen molar-refractivity contribution < 1.29 is 9.26 Å². The zero-order valence-electron chi connectivity index (χ0n) is 7.31. The van der Waals surface area contributed by atoms with Crippen LogP contribution in [0.25, 0.3) is 0 Å². The Labute approximate surface area is 86.2 Å². The van der Waals surface area contributed by atoms with Crippen LogP contribution in [-0.4, -0.2) is 5.16 Å². The van der Waals surface area contributed by atoms with Gasteiger partial charge in [-0.2, -0.15) is 0 Å². The molecule has 0 aliphatic rings. The fourth-order valence-electron chi connectivity index (χ4n) is 1.00. The molecule has 0 saturated heterocycles. The molecule has 72 valence electrons. The predicted molar refractivity (Wildman–Crippen MR) is 52.3 cm³/mol. The van der Waals surface area contributed by atoms with Gasteiger partial charge in [0.15, 0.2) is 5.76 Å². The maximum absolute atomic E-state index is 5.73. The van der Waals surface area contributed by atoms with Crippen molar-refractivity contribution in [2.75, 3.05) is 0 Å². The summed E-state index contributed by atoms with van der Waals surface area (Å²) in [5.41, 5.74) is 0. The summed E-state index contributed by atoms with van der Waals surface area (Å²) < 4.78 is 10.3. The zero-order chi connectivity index (χ0) is 9.80. The number of nitrogens with zero attached hydrogens (tertiary/aromatic N) is 1. The van der Waals surface area contributed by atoms with Gasteiger partial charge < -0.3 is 9.26 Å². The molecule has 2 rings (SSSR count). The number of hydrogen-bond donors (Lipinski definition) is 0. The van der Waals surface area contributed by atoms with Crippen molar-refractivity contribution in [3.8, 4) is 5.75 Å². The molecule has 1 heterocycles. The molecule has 0 fully saturated rings. The molecule has 0 radical (unpaired) electrons. The third kappa shape index (κ3) is 2.26. The molecule has 0 bridgehead atoms. The highest BCUT2D eigenvalue weighted by Gasteiger charge is 1.98. The van der Waals surface area contributed by atoms with E-state index < -0.39 is 0 Å². The lowest BCUT2D eigenvalue weighted by Crippen LogP contribution is -1.92. The van der Waals surface area contributed by atoms with E-state index in [1.807, 2.05) is 0 Å². The number of hydrogen-bond acceptors (Lipinski definition) is 3. The van der Waals surface area contributed by atoms with Crippen LogP contribution in [0.2, 0.25) is 5.02 Å². The van der Waals surface area contributed by atoms with E-state index in [0.717, 1.165) is 5.75 Å². The van der Waals surface area contributed by atoms with Crippen LogP contribution >= 0.6 is 11.6 Å². The van der Waals surface area contributed by atoms with Gasteiger partial charge in [0.05, 0.1) is 6.20 Å². The van der Waals surface area contributed by atoms with Crippen LogP contribution in [0.15, 0.2) is 41.1 Å². The van der Waals surface area contributed by atoms with Crippen molar-refractivity contribution >= 4 is 11.6 Å². The molecule has 0 aliphatic heterocycles. The fourth-order valence-corrected chi connectivity index (χ4v) is 1.13. The Balaban J connectivity index is 1.95. The topological polar surface area (TPSA) is 35.3 Å². The van der Waals surface area contributed by atoms with E-state index in [0.29, 0.717) is 17.4 Å². The summed E-state index contributed by atoms with van der Waals surface area (Å²) in [6.07, 6.45) is 1.58. The highest BCUT2D eigenvalue weighted by molar-refractivity contribution is 6.30. The summed E-state index contributed by atoms with van der Waals surface area (Å²) in [5, 5.41) is 4.26. The van der Waals surface area contributed by atoms with Crippen molar-refractivity contribution in [1.82, 2.24) is 5.16 Å². The zero-order valence-corrected chi connectivity index (χ0v) is 8.07. The lowest BCUT2D eigenvalue weighted by molar-refractivity contribution is 0.249. The van der Waals surface area contributed by atoms with Crippen LogP contribution in [0.1, 0.15) is 5.76 Å². The van der Waals surface area contributed by atoms with Gasteiger partial charge in [-0.15, -0.1) is 0 Å². The summed E-state index contributed by atoms with van der Waals surface area (Å²) in [7, 11) is 0. The van der Waals surface area contributed by atoms with Crippen molar-refractivity contribution in [1.29, 1.82) is 0 Å². The minimum absolute atomic E-state index is 0.377. The van der Waals surface area contributed by atoms with E-state index in [-0.39, 0.29) is 0 Å². The van der Waals surface area contributed by atoms with Gasteiger partial charge in [0.2, 0.25) is 0 Å². The van der Waals surface area contributed by atoms with Gasteiger partial charge in [0.1, 0.15) is 12.4 Å². The molecule has 1 aromatic carbocycles. The molecular weight excluding hydrogens is 202 g/mol. The number of rotatable bonds is 3. The van der Waals surface area contributed by atoms with Crippen molar-refractivity contribution in [2.45, 2.75) is 6.61 Å². The quantitative estimate of drug-likeness (QED) is 0.780. The number of benzene rings is 1. The summed E-state index contributed by atoms with van der Waals surface area (Å²) >= 11 is 5.73. The fraction of sp³-hybridized carbons (Fsp3) is 0.100. The van der Waals surface area contributed by atoms with E-state index in [1.54, 1.807) is 36.5 Å². The number of ether oxygens (including phenoxy) is 1. The first kappa shape index (κ1) is 9.09. The molecule has 0 atom stereocenters. The summed E-state index contributed by atoms with van der Waals surface area (Å²) in [6, 6.07) is 8.92. The van der Waals surface area contributed by atoms with Gasteiger partial charge >= 0.3 is 0 Å². The molecule has 0 spiro atoms. The van der Waals surface area contributed by atoms with Crippen LogP contribution < -0.4 is 4.74 Å². The lowest BCUT2D eigenvalue weighted by atomic mass is 10.3. The molecule has 1 aromatic heterocycles. The van der Waals surface area contributed by atoms with Gasteiger partial charge in [0, 0.05) is 11.1 Å². The first-order valence-corrected chi connectivity index (χ1v) is 4.50. The third-order valence-electron chi connectivity index (χ3n) is 1.69.